The van der Waals surface area contributed by atoms with E-state index in [9.17, 15) is 4.79 Å². The Kier molecular flexibility index (Phi) is 34.1. The van der Waals surface area contributed by atoms with Crippen LogP contribution >= 0.6 is 0 Å². The summed E-state index contributed by atoms with van der Waals surface area (Å²) in [5, 5.41) is 0. The lowest BCUT2D eigenvalue weighted by atomic mass is 10.0. The molecule has 0 saturated carbocycles. The normalized spacial score (nSPS) is 12.3. The number of unbranched alkanes of at least 4 members (excludes halogenated alkanes) is 18. The molecule has 0 rings (SSSR count). The zero-order valence-corrected chi connectivity index (χ0v) is 27.0. The summed E-state index contributed by atoms with van der Waals surface area (Å²) in [5.41, 5.74) is 0. The van der Waals surface area contributed by atoms with E-state index in [1.807, 2.05) is 0 Å². The Balaban J connectivity index is 3.52. The van der Waals surface area contributed by atoms with Crippen LogP contribution in [0.2, 0.25) is 0 Å². The van der Waals surface area contributed by atoms with E-state index in [-0.39, 0.29) is 6.10 Å². The first kappa shape index (κ1) is 38.4. The van der Waals surface area contributed by atoms with Crippen LogP contribution in [0.1, 0.15) is 181 Å². The van der Waals surface area contributed by atoms with Gasteiger partial charge in [-0.2, -0.15) is 0 Å². The SMILES string of the molecule is CCCCC/C=C\C/C=C\CCCCCCCCC(CCCCCCCC/C=C\C/C=C\CCCCC)OC=O. The van der Waals surface area contributed by atoms with E-state index in [4.69, 9.17) is 4.74 Å². The second-order valence-corrected chi connectivity index (χ2v) is 11.6. The molecule has 0 saturated heterocycles. The molecule has 0 unspecified atom stereocenters. The second kappa shape index (κ2) is 35.5. The van der Waals surface area contributed by atoms with Gasteiger partial charge >= 0.3 is 0 Å². The monoisotopic (exact) mass is 557 g/mol. The van der Waals surface area contributed by atoms with E-state index in [0.717, 1.165) is 25.7 Å². The summed E-state index contributed by atoms with van der Waals surface area (Å²) >= 11 is 0. The number of carbonyl (C=O) groups excluding carboxylic acids is 1. The first-order valence-corrected chi connectivity index (χ1v) is 17.5. The van der Waals surface area contributed by atoms with Crippen LogP contribution in [0.25, 0.3) is 0 Å². The number of ether oxygens (including phenoxy) is 1. The van der Waals surface area contributed by atoms with E-state index in [1.54, 1.807) is 0 Å². The first-order valence-electron chi connectivity index (χ1n) is 17.5. The van der Waals surface area contributed by atoms with Gasteiger partial charge in [-0.3, -0.25) is 4.79 Å². The fourth-order valence-corrected chi connectivity index (χ4v) is 5.08. The smallest absolute Gasteiger partial charge is 0.293 e. The van der Waals surface area contributed by atoms with Gasteiger partial charge in [-0.15, -0.1) is 0 Å². The predicted molar refractivity (Wildman–Crippen MR) is 179 cm³/mol. The molecule has 2 heteroatoms. The molecule has 0 bridgehead atoms. The van der Waals surface area contributed by atoms with Crippen LogP contribution in [-0.2, 0) is 9.53 Å². The van der Waals surface area contributed by atoms with E-state index in [0.29, 0.717) is 6.47 Å². The van der Waals surface area contributed by atoms with E-state index in [1.165, 1.54) is 141 Å². The minimum Gasteiger partial charge on any atom is -0.465 e. The van der Waals surface area contributed by atoms with Crippen LogP contribution in [0.4, 0.5) is 0 Å². The van der Waals surface area contributed by atoms with Crippen molar-refractivity contribution in [3.05, 3.63) is 48.6 Å². The number of rotatable bonds is 32. The molecular weight excluding hydrogens is 488 g/mol. The third-order valence-corrected chi connectivity index (χ3v) is 7.70. The van der Waals surface area contributed by atoms with E-state index >= 15 is 0 Å². The van der Waals surface area contributed by atoms with Crippen molar-refractivity contribution in [1.82, 2.24) is 0 Å². The Bertz CT molecular complexity index is 553. The van der Waals surface area contributed by atoms with Gasteiger partial charge in [-0.05, 0) is 89.9 Å². The maximum absolute atomic E-state index is 10.9. The molecule has 0 atom stereocenters. The quantitative estimate of drug-likeness (QED) is 0.0468. The topological polar surface area (TPSA) is 26.3 Å². The molecule has 0 amide bonds. The molecule has 0 aromatic rings. The number of allylic oxidation sites excluding steroid dienone is 8. The lowest BCUT2D eigenvalue weighted by Crippen LogP contribution is -2.12. The van der Waals surface area contributed by atoms with Crippen LogP contribution in [0, 0.1) is 0 Å². The number of hydrogen-bond acceptors (Lipinski definition) is 2. The maximum Gasteiger partial charge on any atom is 0.293 e. The fraction of sp³-hybridized carbons (Fsp3) is 0.763. The molecular formula is C38H68O2. The average Bonchev–Trinajstić information content (AvgIpc) is 2.96. The summed E-state index contributed by atoms with van der Waals surface area (Å²) in [4.78, 5) is 10.9. The number of hydrogen-bond donors (Lipinski definition) is 0. The average molecular weight is 557 g/mol. The Hall–Kier alpha value is -1.57. The van der Waals surface area contributed by atoms with Crippen molar-refractivity contribution >= 4 is 6.47 Å². The predicted octanol–water partition coefficient (Wildman–Crippen LogP) is 12.9. The lowest BCUT2D eigenvalue weighted by Gasteiger charge is -2.15. The molecule has 0 spiro atoms. The summed E-state index contributed by atoms with van der Waals surface area (Å²) in [6, 6.07) is 0. The summed E-state index contributed by atoms with van der Waals surface area (Å²) in [6.07, 6.45) is 51.4. The molecule has 0 aromatic heterocycles. The van der Waals surface area contributed by atoms with Gasteiger partial charge in [-0.25, -0.2) is 0 Å². The van der Waals surface area contributed by atoms with Crippen LogP contribution in [0.3, 0.4) is 0 Å². The third-order valence-electron chi connectivity index (χ3n) is 7.70. The van der Waals surface area contributed by atoms with Crippen molar-refractivity contribution in [3.63, 3.8) is 0 Å². The Labute approximate surface area is 251 Å². The van der Waals surface area contributed by atoms with Crippen molar-refractivity contribution in [2.75, 3.05) is 0 Å². The minimum absolute atomic E-state index is 0.133. The lowest BCUT2D eigenvalue weighted by molar-refractivity contribution is -0.134. The highest BCUT2D eigenvalue weighted by Gasteiger charge is 2.08. The van der Waals surface area contributed by atoms with Crippen LogP contribution in [0.15, 0.2) is 48.6 Å². The van der Waals surface area contributed by atoms with Crippen molar-refractivity contribution < 1.29 is 9.53 Å². The summed E-state index contributed by atoms with van der Waals surface area (Å²) in [5.74, 6) is 0. The molecule has 0 aromatic carbocycles. The van der Waals surface area contributed by atoms with Gasteiger partial charge in [0.15, 0.2) is 0 Å². The molecule has 0 fully saturated rings. The molecule has 40 heavy (non-hydrogen) atoms. The molecule has 0 aliphatic heterocycles. The first-order chi connectivity index (χ1) is 19.8. The molecule has 0 heterocycles. The fourth-order valence-electron chi connectivity index (χ4n) is 5.08. The van der Waals surface area contributed by atoms with E-state index in [2.05, 4.69) is 62.5 Å². The minimum atomic E-state index is 0.133. The van der Waals surface area contributed by atoms with Gasteiger partial charge in [-0.1, -0.05) is 140 Å². The molecule has 232 valence electrons. The van der Waals surface area contributed by atoms with Crippen molar-refractivity contribution in [3.8, 4) is 0 Å². The Morgan fingerprint density at radius 3 is 1.10 bits per heavy atom. The summed E-state index contributed by atoms with van der Waals surface area (Å²) in [6.45, 7) is 5.18. The van der Waals surface area contributed by atoms with Crippen LogP contribution in [-0.4, -0.2) is 12.6 Å². The molecule has 0 aliphatic rings. The summed E-state index contributed by atoms with van der Waals surface area (Å²) in [7, 11) is 0. The van der Waals surface area contributed by atoms with Crippen LogP contribution < -0.4 is 0 Å². The zero-order chi connectivity index (χ0) is 29.0. The molecule has 2 nitrogen and oxygen atoms in total. The van der Waals surface area contributed by atoms with Crippen LogP contribution in [0.5, 0.6) is 0 Å². The van der Waals surface area contributed by atoms with Crippen molar-refractivity contribution in [2.24, 2.45) is 0 Å². The summed E-state index contributed by atoms with van der Waals surface area (Å²) < 4.78 is 5.39. The second-order valence-electron chi connectivity index (χ2n) is 11.6. The van der Waals surface area contributed by atoms with Gasteiger partial charge in [0, 0.05) is 0 Å². The number of carbonyl (C=O) groups is 1. The van der Waals surface area contributed by atoms with Gasteiger partial charge in [0.1, 0.15) is 6.10 Å². The van der Waals surface area contributed by atoms with Crippen molar-refractivity contribution in [1.29, 1.82) is 0 Å². The maximum atomic E-state index is 10.9. The van der Waals surface area contributed by atoms with E-state index < -0.39 is 0 Å². The highest BCUT2D eigenvalue weighted by Crippen LogP contribution is 2.17. The van der Waals surface area contributed by atoms with Crippen molar-refractivity contribution in [2.45, 2.75) is 187 Å². The highest BCUT2D eigenvalue weighted by atomic mass is 16.5. The largest absolute Gasteiger partial charge is 0.465 e. The highest BCUT2D eigenvalue weighted by molar-refractivity contribution is 5.37. The third kappa shape index (κ3) is 32.6. The van der Waals surface area contributed by atoms with Gasteiger partial charge < -0.3 is 4.74 Å². The zero-order valence-electron chi connectivity index (χ0n) is 27.0. The standard InChI is InChI=1S/C38H68O2/c1-3-5-7-9-11-13-15-17-19-21-23-25-27-29-31-33-35-38(40-37-39)36-34-32-30-28-26-24-22-20-18-16-14-12-10-8-6-4-2/h11-14,17-20,37-38H,3-10,15-16,21-36H2,1-2H3/b13-11-,14-12-,19-17-,20-18-. The van der Waals surface area contributed by atoms with Gasteiger partial charge in [0.2, 0.25) is 0 Å². The Morgan fingerprint density at radius 1 is 0.425 bits per heavy atom. The molecule has 0 N–H and O–H groups in total. The molecule has 0 radical (unpaired) electrons. The molecule has 0 aliphatic carbocycles. The van der Waals surface area contributed by atoms with Gasteiger partial charge in [0.25, 0.3) is 6.47 Å². The van der Waals surface area contributed by atoms with Gasteiger partial charge in [0.05, 0.1) is 0 Å². The Morgan fingerprint density at radius 2 is 0.750 bits per heavy atom.